The molecule has 0 radical (unpaired) electrons. The molecule has 2 unspecified atom stereocenters. The maximum Gasteiger partial charge on any atom is 0.343 e. The van der Waals surface area contributed by atoms with E-state index in [1.165, 1.54) is 6.07 Å². The lowest BCUT2D eigenvalue weighted by Crippen LogP contribution is -2.47. The van der Waals surface area contributed by atoms with Crippen molar-refractivity contribution in [1.29, 1.82) is 0 Å². The topological polar surface area (TPSA) is 72.8 Å². The SMILES string of the molecule is CCOC(=O)c1cn(C2CC2)c2cc(N3CC4NCCOC4C3)c(F)cc2c1=O. The van der Waals surface area contributed by atoms with E-state index >= 15 is 4.39 Å². The molecule has 1 saturated carbocycles. The number of pyridine rings is 1. The summed E-state index contributed by atoms with van der Waals surface area (Å²) in [5.74, 6) is -1.12. The fraction of sp³-hybridized carbons (Fsp3) is 0.524. The van der Waals surface area contributed by atoms with Crippen molar-refractivity contribution in [3.8, 4) is 0 Å². The average Bonchev–Trinajstić information content (AvgIpc) is 3.46. The number of anilines is 1. The van der Waals surface area contributed by atoms with Crippen molar-refractivity contribution >= 4 is 22.6 Å². The second kappa shape index (κ2) is 7.11. The van der Waals surface area contributed by atoms with Crippen LogP contribution in [-0.4, -0.2) is 55.5 Å². The lowest BCUT2D eigenvalue weighted by atomic mass is 10.1. The number of benzene rings is 1. The van der Waals surface area contributed by atoms with Gasteiger partial charge in [0, 0.05) is 37.3 Å². The number of carbonyl (C=O) groups excluding carboxylic acids is 1. The molecule has 1 aromatic carbocycles. The lowest BCUT2D eigenvalue weighted by Gasteiger charge is -2.25. The van der Waals surface area contributed by atoms with E-state index in [1.54, 1.807) is 19.2 Å². The summed E-state index contributed by atoms with van der Waals surface area (Å²) < 4.78 is 27.9. The molecule has 3 heterocycles. The highest BCUT2D eigenvalue weighted by Gasteiger charge is 2.37. The molecule has 8 heteroatoms. The molecule has 5 rings (SSSR count). The van der Waals surface area contributed by atoms with Crippen molar-refractivity contribution in [3.63, 3.8) is 0 Å². The summed E-state index contributed by atoms with van der Waals surface area (Å²) in [6, 6.07) is 3.41. The van der Waals surface area contributed by atoms with E-state index in [2.05, 4.69) is 5.32 Å². The molecule has 1 aliphatic carbocycles. The molecule has 29 heavy (non-hydrogen) atoms. The highest BCUT2D eigenvalue weighted by molar-refractivity contribution is 5.94. The van der Waals surface area contributed by atoms with Gasteiger partial charge < -0.3 is 24.3 Å². The number of esters is 1. The van der Waals surface area contributed by atoms with Crippen molar-refractivity contribution < 1.29 is 18.7 Å². The fourth-order valence-corrected chi connectivity index (χ4v) is 4.40. The van der Waals surface area contributed by atoms with Gasteiger partial charge in [0.2, 0.25) is 5.43 Å². The predicted molar refractivity (Wildman–Crippen MR) is 106 cm³/mol. The van der Waals surface area contributed by atoms with Gasteiger partial charge in [0.25, 0.3) is 0 Å². The largest absolute Gasteiger partial charge is 0.462 e. The molecule has 3 fully saturated rings. The Morgan fingerprint density at radius 3 is 2.90 bits per heavy atom. The van der Waals surface area contributed by atoms with Crippen LogP contribution in [0.15, 0.2) is 23.1 Å². The molecular weight excluding hydrogens is 377 g/mol. The van der Waals surface area contributed by atoms with Gasteiger partial charge in [0.15, 0.2) is 0 Å². The summed E-state index contributed by atoms with van der Waals surface area (Å²) in [5.41, 5.74) is 0.602. The number of nitrogens with one attached hydrogen (secondary N) is 1. The second-order valence-corrected chi connectivity index (χ2v) is 7.93. The van der Waals surface area contributed by atoms with Gasteiger partial charge in [0.05, 0.1) is 36.6 Å². The van der Waals surface area contributed by atoms with Crippen molar-refractivity contribution in [2.45, 2.75) is 38.0 Å². The standard InChI is InChI=1S/C21H24FN3O4/c1-2-28-21(27)14-9-25(12-3-4-12)17-8-18(15(22)7-13(17)20(14)26)24-10-16-19(11-24)29-6-5-23-16/h7-9,12,16,19,23H,2-6,10-11H2,1H3. The van der Waals surface area contributed by atoms with Gasteiger partial charge in [-0.1, -0.05) is 0 Å². The number of nitrogens with zero attached hydrogens (tertiary/aromatic N) is 2. The summed E-state index contributed by atoms with van der Waals surface area (Å²) in [5, 5.41) is 3.64. The molecule has 0 spiro atoms. The van der Waals surface area contributed by atoms with Gasteiger partial charge in [-0.15, -0.1) is 0 Å². The molecule has 2 atom stereocenters. The molecule has 2 aromatic rings. The summed E-state index contributed by atoms with van der Waals surface area (Å²) in [4.78, 5) is 27.1. The smallest absolute Gasteiger partial charge is 0.343 e. The van der Waals surface area contributed by atoms with Crippen LogP contribution in [0.3, 0.4) is 0 Å². The van der Waals surface area contributed by atoms with E-state index in [-0.39, 0.29) is 35.7 Å². The van der Waals surface area contributed by atoms with Gasteiger partial charge >= 0.3 is 5.97 Å². The third-order valence-electron chi connectivity index (χ3n) is 5.98. The molecule has 2 saturated heterocycles. The predicted octanol–water partition coefficient (Wildman–Crippen LogP) is 1.83. The van der Waals surface area contributed by atoms with Crippen LogP contribution in [0.25, 0.3) is 10.9 Å². The maximum absolute atomic E-state index is 15.1. The van der Waals surface area contributed by atoms with Crippen LogP contribution >= 0.6 is 0 Å². The maximum atomic E-state index is 15.1. The van der Waals surface area contributed by atoms with Crippen LogP contribution in [-0.2, 0) is 9.47 Å². The number of carbonyl (C=O) groups is 1. The average molecular weight is 401 g/mol. The zero-order valence-corrected chi connectivity index (χ0v) is 16.3. The van der Waals surface area contributed by atoms with Crippen molar-refractivity contribution in [3.05, 3.63) is 39.9 Å². The third kappa shape index (κ3) is 3.20. The van der Waals surface area contributed by atoms with Crippen LogP contribution < -0.4 is 15.6 Å². The first-order chi connectivity index (χ1) is 14.1. The Morgan fingerprint density at radius 1 is 1.34 bits per heavy atom. The van der Waals surface area contributed by atoms with Crippen LogP contribution in [0.1, 0.15) is 36.2 Å². The van der Waals surface area contributed by atoms with Crippen molar-refractivity contribution in [2.75, 3.05) is 37.7 Å². The zero-order chi connectivity index (χ0) is 20.1. The highest BCUT2D eigenvalue weighted by Crippen LogP contribution is 2.38. The number of fused-ring (bicyclic) bond motifs is 2. The van der Waals surface area contributed by atoms with Gasteiger partial charge in [-0.05, 0) is 31.9 Å². The van der Waals surface area contributed by atoms with Gasteiger partial charge in [-0.3, -0.25) is 4.79 Å². The van der Waals surface area contributed by atoms with Gasteiger partial charge in [0.1, 0.15) is 11.4 Å². The minimum Gasteiger partial charge on any atom is -0.462 e. The molecule has 1 aromatic heterocycles. The molecule has 7 nitrogen and oxygen atoms in total. The number of aromatic nitrogens is 1. The molecular formula is C21H24FN3O4. The minimum atomic E-state index is -0.662. The third-order valence-corrected chi connectivity index (χ3v) is 5.98. The number of morpholine rings is 1. The fourth-order valence-electron chi connectivity index (χ4n) is 4.40. The quantitative estimate of drug-likeness (QED) is 0.788. The Bertz CT molecular complexity index is 1020. The first-order valence-corrected chi connectivity index (χ1v) is 10.2. The van der Waals surface area contributed by atoms with Gasteiger partial charge in [-0.2, -0.15) is 0 Å². The number of hydrogen-bond donors (Lipinski definition) is 1. The molecule has 0 bridgehead atoms. The molecule has 154 valence electrons. The Labute approximate surface area is 167 Å². The first kappa shape index (κ1) is 18.6. The molecule has 2 aliphatic heterocycles. The van der Waals surface area contributed by atoms with Crippen molar-refractivity contribution in [1.82, 2.24) is 9.88 Å². The van der Waals surface area contributed by atoms with Crippen LogP contribution in [0.4, 0.5) is 10.1 Å². The monoisotopic (exact) mass is 401 g/mol. The van der Waals surface area contributed by atoms with E-state index in [9.17, 15) is 9.59 Å². The van der Waals surface area contributed by atoms with Crippen LogP contribution in [0, 0.1) is 5.82 Å². The number of hydrogen-bond acceptors (Lipinski definition) is 6. The summed E-state index contributed by atoms with van der Waals surface area (Å²) in [7, 11) is 0. The second-order valence-electron chi connectivity index (χ2n) is 7.93. The zero-order valence-electron chi connectivity index (χ0n) is 16.3. The van der Waals surface area contributed by atoms with Crippen LogP contribution in [0.5, 0.6) is 0 Å². The minimum absolute atomic E-state index is 0.0377. The Morgan fingerprint density at radius 2 is 2.17 bits per heavy atom. The van der Waals surface area contributed by atoms with Crippen LogP contribution in [0.2, 0.25) is 0 Å². The lowest BCUT2D eigenvalue weighted by molar-refractivity contribution is 0.0212. The number of halogens is 1. The van der Waals surface area contributed by atoms with E-state index in [0.29, 0.717) is 30.9 Å². The Balaban J connectivity index is 1.61. The molecule has 1 N–H and O–H groups in total. The number of ether oxygens (including phenoxy) is 2. The van der Waals surface area contributed by atoms with Gasteiger partial charge in [-0.25, -0.2) is 9.18 Å². The van der Waals surface area contributed by atoms with E-state index in [4.69, 9.17) is 9.47 Å². The van der Waals surface area contributed by atoms with E-state index < -0.39 is 17.2 Å². The Kier molecular flexibility index (Phi) is 4.55. The Hall–Kier alpha value is -2.45. The molecule has 3 aliphatic rings. The summed E-state index contributed by atoms with van der Waals surface area (Å²) >= 11 is 0. The highest BCUT2D eigenvalue weighted by atomic mass is 19.1. The van der Waals surface area contributed by atoms with E-state index in [1.807, 2.05) is 9.47 Å². The summed E-state index contributed by atoms with van der Waals surface area (Å²) in [6.07, 6.45) is 3.56. The van der Waals surface area contributed by atoms with Crippen molar-refractivity contribution in [2.24, 2.45) is 0 Å². The normalized spacial score (nSPS) is 24.0. The molecule has 0 amide bonds. The summed E-state index contributed by atoms with van der Waals surface area (Å²) in [6.45, 7) is 4.59. The number of rotatable bonds is 4. The first-order valence-electron chi connectivity index (χ1n) is 10.2. The van der Waals surface area contributed by atoms with E-state index in [0.717, 1.165) is 19.4 Å².